The molecule has 0 aliphatic carbocycles. The summed E-state index contributed by atoms with van der Waals surface area (Å²) in [6.45, 7) is 5.22. The van der Waals surface area contributed by atoms with Gasteiger partial charge in [-0.3, -0.25) is 19.2 Å². The van der Waals surface area contributed by atoms with Crippen molar-refractivity contribution in [2.75, 3.05) is 17.7 Å². The number of nitrogens with two attached hydrogens (primary N) is 1. The fraction of sp³-hybridized carbons (Fsp3) is 0.333. The van der Waals surface area contributed by atoms with Crippen molar-refractivity contribution < 1.29 is 29.0 Å². The molecule has 3 aromatic rings. The number of allylic oxidation sites excluding steroid dienone is 1. The summed E-state index contributed by atoms with van der Waals surface area (Å²) in [5.41, 5.74) is 7.50. The second kappa shape index (κ2) is 18.0. The number of hydrogen-bond acceptors (Lipinski definition) is 8. The highest BCUT2D eigenvalue weighted by atomic mass is 16.5. The van der Waals surface area contributed by atoms with Gasteiger partial charge < -0.3 is 26.2 Å². The van der Waals surface area contributed by atoms with Gasteiger partial charge >= 0.3 is 5.97 Å². The van der Waals surface area contributed by atoms with Gasteiger partial charge in [0.15, 0.2) is 5.70 Å². The lowest BCUT2D eigenvalue weighted by Crippen LogP contribution is -2.25. The standard InChI is InChI=1S/C36H43N5O6/c1-5-25(26-11-7-6-8-12-26)19-20-27(18-17-23(2)36(46)47-4)34(44)38-29-14-10-15-30(22-29)39-35(45)32(24(3)42)41-40-31-16-9-13-28(21-31)33(37)43/h6-16,21-23,25,27,42H,5,17-20H2,1-4H3,(H2,37,43)(H,38,44)(H,39,45). The number of hydrogen-bond donors (Lipinski definition) is 4. The number of rotatable bonds is 16. The summed E-state index contributed by atoms with van der Waals surface area (Å²) in [4.78, 5) is 50.1. The number of azo groups is 1. The van der Waals surface area contributed by atoms with Crippen LogP contribution in [-0.2, 0) is 19.1 Å². The summed E-state index contributed by atoms with van der Waals surface area (Å²) in [6.07, 6.45) is 3.36. The largest absolute Gasteiger partial charge is 0.510 e. The molecule has 0 spiro atoms. The maximum atomic E-state index is 13.6. The molecule has 47 heavy (non-hydrogen) atoms. The number of amides is 3. The molecule has 0 radical (unpaired) electrons. The van der Waals surface area contributed by atoms with Crippen LogP contribution in [0.2, 0.25) is 0 Å². The predicted molar refractivity (Wildman–Crippen MR) is 181 cm³/mol. The molecule has 3 aromatic carbocycles. The molecule has 0 aliphatic heterocycles. The van der Waals surface area contributed by atoms with Gasteiger partial charge in [-0.05, 0) is 86.9 Å². The maximum absolute atomic E-state index is 13.6. The normalized spacial score (nSPS) is 13.6. The van der Waals surface area contributed by atoms with E-state index in [0.717, 1.165) is 12.8 Å². The van der Waals surface area contributed by atoms with Crippen LogP contribution in [0.1, 0.15) is 74.7 Å². The quantitative estimate of drug-likeness (QED) is 0.0548. The van der Waals surface area contributed by atoms with E-state index < -0.39 is 11.8 Å². The molecule has 0 heterocycles. The number of nitrogens with one attached hydrogen (secondary N) is 2. The molecule has 11 nitrogen and oxygen atoms in total. The summed E-state index contributed by atoms with van der Waals surface area (Å²) in [6, 6.07) is 22.9. The molecule has 0 saturated heterocycles. The van der Waals surface area contributed by atoms with Gasteiger partial charge in [-0.1, -0.05) is 56.3 Å². The van der Waals surface area contributed by atoms with Crippen LogP contribution in [0, 0.1) is 11.8 Å². The monoisotopic (exact) mass is 641 g/mol. The zero-order valence-electron chi connectivity index (χ0n) is 27.2. The molecule has 3 atom stereocenters. The minimum absolute atomic E-state index is 0.188. The molecular formula is C36H43N5O6. The summed E-state index contributed by atoms with van der Waals surface area (Å²) >= 11 is 0. The number of benzene rings is 3. The summed E-state index contributed by atoms with van der Waals surface area (Å²) in [7, 11) is 1.36. The van der Waals surface area contributed by atoms with Crippen LogP contribution in [0.25, 0.3) is 0 Å². The number of ether oxygens (including phenoxy) is 1. The van der Waals surface area contributed by atoms with E-state index in [-0.39, 0.29) is 46.4 Å². The van der Waals surface area contributed by atoms with Crippen LogP contribution in [0.3, 0.4) is 0 Å². The van der Waals surface area contributed by atoms with Crippen molar-refractivity contribution >= 4 is 40.8 Å². The van der Waals surface area contributed by atoms with Gasteiger partial charge in [0, 0.05) is 22.9 Å². The molecule has 0 bridgehead atoms. The first-order chi connectivity index (χ1) is 22.5. The third-order valence-corrected chi connectivity index (χ3v) is 7.89. The van der Waals surface area contributed by atoms with Crippen molar-refractivity contribution in [3.63, 3.8) is 0 Å². The second-order valence-corrected chi connectivity index (χ2v) is 11.4. The van der Waals surface area contributed by atoms with Crippen LogP contribution in [0.5, 0.6) is 0 Å². The number of carbonyl (C=O) groups is 4. The summed E-state index contributed by atoms with van der Waals surface area (Å²) in [5.74, 6) is -2.65. The first-order valence-corrected chi connectivity index (χ1v) is 15.6. The van der Waals surface area contributed by atoms with Crippen LogP contribution in [-0.4, -0.2) is 35.9 Å². The van der Waals surface area contributed by atoms with E-state index in [1.54, 1.807) is 43.3 Å². The molecule has 5 N–H and O–H groups in total. The third-order valence-electron chi connectivity index (χ3n) is 7.89. The minimum Gasteiger partial charge on any atom is -0.510 e. The number of esters is 1. The Morgan fingerprint density at radius 3 is 2.17 bits per heavy atom. The molecular weight excluding hydrogens is 598 g/mol. The number of carbonyl (C=O) groups excluding carboxylic acids is 4. The zero-order chi connectivity index (χ0) is 34.3. The van der Waals surface area contributed by atoms with Crippen LogP contribution >= 0.6 is 0 Å². The van der Waals surface area contributed by atoms with Gasteiger partial charge in [0.2, 0.25) is 11.8 Å². The Morgan fingerprint density at radius 1 is 0.872 bits per heavy atom. The van der Waals surface area contributed by atoms with E-state index in [1.807, 2.05) is 18.2 Å². The second-order valence-electron chi connectivity index (χ2n) is 11.4. The molecule has 11 heteroatoms. The Bertz CT molecular complexity index is 1600. The molecule has 0 saturated carbocycles. The molecule has 3 amide bonds. The number of primary amides is 1. The van der Waals surface area contributed by atoms with Crippen molar-refractivity contribution in [3.8, 4) is 0 Å². The van der Waals surface area contributed by atoms with Crippen LogP contribution in [0.4, 0.5) is 17.1 Å². The van der Waals surface area contributed by atoms with Crippen molar-refractivity contribution in [2.45, 2.75) is 58.8 Å². The van der Waals surface area contributed by atoms with E-state index in [9.17, 15) is 24.3 Å². The molecule has 0 aliphatic rings. The van der Waals surface area contributed by atoms with Gasteiger partial charge in [0.25, 0.3) is 5.91 Å². The molecule has 248 valence electrons. The minimum atomic E-state index is -0.732. The smallest absolute Gasteiger partial charge is 0.308 e. The van der Waals surface area contributed by atoms with Crippen LogP contribution < -0.4 is 16.4 Å². The van der Waals surface area contributed by atoms with E-state index in [4.69, 9.17) is 10.5 Å². The molecule has 3 unspecified atom stereocenters. The summed E-state index contributed by atoms with van der Waals surface area (Å²) < 4.78 is 4.88. The summed E-state index contributed by atoms with van der Waals surface area (Å²) in [5, 5.41) is 23.6. The third kappa shape index (κ3) is 11.2. The highest BCUT2D eigenvalue weighted by Gasteiger charge is 2.24. The molecule has 3 rings (SSSR count). The number of aliphatic hydroxyl groups is 1. The van der Waals surface area contributed by atoms with Crippen LogP contribution in [0.15, 0.2) is 101 Å². The molecule has 0 aromatic heterocycles. The Hall–Kier alpha value is -5.32. The lowest BCUT2D eigenvalue weighted by Gasteiger charge is -2.22. The average Bonchev–Trinajstić information content (AvgIpc) is 3.06. The fourth-order valence-corrected chi connectivity index (χ4v) is 5.13. The maximum Gasteiger partial charge on any atom is 0.308 e. The van der Waals surface area contributed by atoms with Gasteiger partial charge in [0.1, 0.15) is 5.76 Å². The van der Waals surface area contributed by atoms with E-state index in [2.05, 4.69) is 39.9 Å². The van der Waals surface area contributed by atoms with E-state index >= 15 is 0 Å². The topological polar surface area (TPSA) is 173 Å². The predicted octanol–water partition coefficient (Wildman–Crippen LogP) is 7.42. The number of nitrogens with zero attached hydrogens (tertiary/aromatic N) is 2. The number of methoxy groups -OCH3 is 1. The Kier molecular flexibility index (Phi) is 13.8. The lowest BCUT2D eigenvalue weighted by atomic mass is 9.85. The fourth-order valence-electron chi connectivity index (χ4n) is 5.13. The number of anilines is 2. The van der Waals surface area contributed by atoms with Crippen molar-refractivity contribution in [2.24, 2.45) is 27.8 Å². The van der Waals surface area contributed by atoms with Crippen molar-refractivity contribution in [3.05, 3.63) is 101 Å². The van der Waals surface area contributed by atoms with Gasteiger partial charge in [0.05, 0.1) is 18.7 Å². The van der Waals surface area contributed by atoms with Gasteiger partial charge in [-0.15, -0.1) is 5.11 Å². The highest BCUT2D eigenvalue weighted by Crippen LogP contribution is 2.30. The Labute approximate surface area is 275 Å². The molecule has 0 fully saturated rings. The average molecular weight is 642 g/mol. The highest BCUT2D eigenvalue weighted by molar-refractivity contribution is 6.04. The zero-order valence-corrected chi connectivity index (χ0v) is 27.2. The number of aliphatic hydroxyl groups excluding tert-OH is 1. The van der Waals surface area contributed by atoms with Gasteiger partial charge in [-0.25, -0.2) is 0 Å². The van der Waals surface area contributed by atoms with Crippen molar-refractivity contribution in [1.82, 2.24) is 0 Å². The van der Waals surface area contributed by atoms with Crippen molar-refractivity contribution in [1.29, 1.82) is 0 Å². The Balaban J connectivity index is 1.73. The first kappa shape index (κ1) is 36.2. The Morgan fingerprint density at radius 2 is 1.53 bits per heavy atom. The van der Waals surface area contributed by atoms with E-state index in [1.165, 1.54) is 31.7 Å². The SMILES string of the molecule is CCC(CCC(CCC(C)C(=O)OC)C(=O)Nc1cccc(NC(=O)C(N=Nc2cccc(C(N)=O)c2)=C(C)O)c1)c1ccccc1. The first-order valence-electron chi connectivity index (χ1n) is 15.6. The van der Waals surface area contributed by atoms with Gasteiger partial charge in [-0.2, -0.15) is 5.11 Å². The van der Waals surface area contributed by atoms with E-state index in [0.29, 0.717) is 36.6 Å². The lowest BCUT2D eigenvalue weighted by molar-refractivity contribution is -0.145.